The predicted molar refractivity (Wildman–Crippen MR) is 204 cm³/mol. The summed E-state index contributed by atoms with van der Waals surface area (Å²) in [6, 6.07) is 20.7. The van der Waals surface area contributed by atoms with Crippen LogP contribution in [0, 0.1) is 18.3 Å². The van der Waals surface area contributed by atoms with Crippen LogP contribution < -0.4 is 19.9 Å². The Morgan fingerprint density at radius 2 is 1.72 bits per heavy atom. The van der Waals surface area contributed by atoms with Crippen LogP contribution in [0.4, 0.5) is 11.4 Å². The lowest BCUT2D eigenvalue weighted by Crippen LogP contribution is -2.52. The highest BCUT2D eigenvalue weighted by atomic mass is 16.5. The van der Waals surface area contributed by atoms with Crippen molar-refractivity contribution < 1.29 is 19.1 Å². The van der Waals surface area contributed by atoms with E-state index in [1.54, 1.807) is 4.90 Å². The van der Waals surface area contributed by atoms with Gasteiger partial charge in [0.2, 0.25) is 11.8 Å². The lowest BCUT2D eigenvalue weighted by molar-refractivity contribution is -0.136. The Morgan fingerprint density at radius 1 is 0.906 bits per heavy atom. The smallest absolute Gasteiger partial charge is 0.255 e. The Balaban J connectivity index is 0.762. The average Bonchev–Trinajstić information content (AvgIpc) is 3.77. The maximum absolute atomic E-state index is 13.1. The molecule has 1 aromatic heterocycles. The van der Waals surface area contributed by atoms with E-state index in [2.05, 4.69) is 80.5 Å². The summed E-state index contributed by atoms with van der Waals surface area (Å²) in [5.41, 5.74) is 8.20. The van der Waals surface area contributed by atoms with Crippen molar-refractivity contribution in [3.63, 3.8) is 0 Å². The second-order valence-electron chi connectivity index (χ2n) is 14.9. The van der Waals surface area contributed by atoms with Crippen LogP contribution in [-0.4, -0.2) is 91.0 Å². The maximum atomic E-state index is 13.1. The van der Waals surface area contributed by atoms with Gasteiger partial charge in [0, 0.05) is 86.7 Å². The average molecular weight is 714 g/mol. The molecule has 0 spiro atoms. The fraction of sp³-hybridized carbons (Fsp3) is 0.429. The molecule has 8 rings (SSSR count). The van der Waals surface area contributed by atoms with Crippen molar-refractivity contribution in [3.05, 3.63) is 88.6 Å². The lowest BCUT2D eigenvalue weighted by Gasteiger charge is -2.36. The van der Waals surface area contributed by atoms with Gasteiger partial charge in [-0.2, -0.15) is 5.26 Å². The number of imide groups is 1. The molecule has 53 heavy (non-hydrogen) atoms. The summed E-state index contributed by atoms with van der Waals surface area (Å²) in [7, 11) is 0. The van der Waals surface area contributed by atoms with Crippen molar-refractivity contribution in [2.45, 2.75) is 64.0 Å². The summed E-state index contributed by atoms with van der Waals surface area (Å²) in [6.45, 7) is 10.0. The predicted octanol–water partition coefficient (Wildman–Crippen LogP) is 5.47. The quantitative estimate of drug-likeness (QED) is 0.164. The summed E-state index contributed by atoms with van der Waals surface area (Å²) in [6.07, 6.45) is 6.81. The van der Waals surface area contributed by atoms with E-state index in [1.807, 2.05) is 18.3 Å². The van der Waals surface area contributed by atoms with Crippen molar-refractivity contribution in [3.8, 4) is 11.8 Å². The van der Waals surface area contributed by atoms with Gasteiger partial charge in [0.05, 0.1) is 17.7 Å². The van der Waals surface area contributed by atoms with Crippen LogP contribution in [0.2, 0.25) is 0 Å². The normalized spacial score (nSPS) is 20.8. The number of hydrogen-bond donors (Lipinski definition) is 2. The van der Waals surface area contributed by atoms with Crippen molar-refractivity contribution in [2.75, 3.05) is 62.2 Å². The number of carbonyl (C=O) groups excluding carboxylic acids is 3. The van der Waals surface area contributed by atoms with E-state index in [0.29, 0.717) is 31.1 Å². The van der Waals surface area contributed by atoms with E-state index in [4.69, 9.17) is 4.74 Å². The first-order valence-corrected chi connectivity index (χ1v) is 19.1. The van der Waals surface area contributed by atoms with Crippen LogP contribution in [0.5, 0.6) is 5.75 Å². The molecule has 4 aliphatic heterocycles. The molecular formula is C42H47N7O4. The van der Waals surface area contributed by atoms with Gasteiger partial charge in [-0.3, -0.25) is 24.6 Å². The number of nitrogens with one attached hydrogen (secondary N) is 2. The number of fused-ring (bicyclic) bond motifs is 2. The molecular weight excluding hydrogens is 667 g/mol. The standard InChI is InChI=1S/C42H47N7O4/c1-28-6-12-35(40-39(28)31(24-43)25-44-40)29-5-4-17-48(26-29)32-7-10-34(11-8-32)53-22-3-2-16-46-18-20-47(21-19-46)33-9-13-36-30(23-33)27-49(42(36)52)37-14-15-38(50)45-41(37)51/h6-13,23,25,29,37,44H,2-5,14-22,26-27H2,1H3,(H,45,50,51)/t29-,37?/m0/s1. The highest BCUT2D eigenvalue weighted by Crippen LogP contribution is 2.36. The highest BCUT2D eigenvalue weighted by molar-refractivity contribution is 6.05. The van der Waals surface area contributed by atoms with Gasteiger partial charge in [-0.25, -0.2) is 0 Å². The number of aromatic amines is 1. The first kappa shape index (κ1) is 34.7. The minimum absolute atomic E-state index is 0.131. The van der Waals surface area contributed by atoms with E-state index in [9.17, 15) is 19.6 Å². The second-order valence-corrected chi connectivity index (χ2v) is 14.9. The summed E-state index contributed by atoms with van der Waals surface area (Å²) in [4.78, 5) is 49.4. The molecule has 11 heteroatoms. The van der Waals surface area contributed by atoms with Crippen LogP contribution in [0.15, 0.2) is 60.8 Å². The molecule has 2 N–H and O–H groups in total. The van der Waals surface area contributed by atoms with Crippen LogP contribution in [0.3, 0.4) is 0 Å². The fourth-order valence-corrected chi connectivity index (χ4v) is 8.70. The number of hydrogen-bond acceptors (Lipinski definition) is 8. The summed E-state index contributed by atoms with van der Waals surface area (Å²) in [5.74, 6) is 0.528. The first-order valence-electron chi connectivity index (χ1n) is 19.1. The zero-order valence-electron chi connectivity index (χ0n) is 30.4. The van der Waals surface area contributed by atoms with Gasteiger partial charge in [0.1, 0.15) is 17.9 Å². The molecule has 1 unspecified atom stereocenters. The van der Waals surface area contributed by atoms with Crippen molar-refractivity contribution in [1.29, 1.82) is 5.26 Å². The minimum Gasteiger partial charge on any atom is -0.494 e. The lowest BCUT2D eigenvalue weighted by atomic mass is 9.88. The number of carbonyl (C=O) groups is 3. The summed E-state index contributed by atoms with van der Waals surface area (Å²) in [5, 5.41) is 13.0. The Labute approximate surface area is 310 Å². The Morgan fingerprint density at radius 3 is 2.51 bits per heavy atom. The minimum atomic E-state index is -0.590. The van der Waals surface area contributed by atoms with E-state index in [0.717, 1.165) is 111 Å². The number of H-pyrrole nitrogens is 1. The number of piperidine rings is 2. The van der Waals surface area contributed by atoms with Gasteiger partial charge >= 0.3 is 0 Å². The number of anilines is 2. The zero-order valence-corrected chi connectivity index (χ0v) is 30.4. The number of ether oxygens (including phenoxy) is 1. The monoisotopic (exact) mass is 713 g/mol. The largest absolute Gasteiger partial charge is 0.494 e. The van der Waals surface area contributed by atoms with Gasteiger partial charge in [-0.15, -0.1) is 0 Å². The molecule has 0 radical (unpaired) electrons. The van der Waals surface area contributed by atoms with Gasteiger partial charge in [0.25, 0.3) is 5.91 Å². The number of aryl methyl sites for hydroxylation is 1. The number of unbranched alkanes of at least 4 members (excludes halogenated alkanes) is 1. The molecule has 3 saturated heterocycles. The molecule has 3 fully saturated rings. The van der Waals surface area contributed by atoms with E-state index in [1.165, 1.54) is 11.3 Å². The van der Waals surface area contributed by atoms with Crippen LogP contribution in [-0.2, 0) is 16.1 Å². The first-order chi connectivity index (χ1) is 25.9. The topological polar surface area (TPSA) is 125 Å². The number of amides is 3. The maximum Gasteiger partial charge on any atom is 0.255 e. The Bertz CT molecular complexity index is 2060. The molecule has 4 aliphatic rings. The van der Waals surface area contributed by atoms with Crippen LogP contribution >= 0.6 is 0 Å². The van der Waals surface area contributed by atoms with Gasteiger partial charge < -0.3 is 24.4 Å². The molecule has 5 heterocycles. The Kier molecular flexibility index (Phi) is 9.80. The summed E-state index contributed by atoms with van der Waals surface area (Å²) < 4.78 is 6.14. The SMILES string of the molecule is Cc1ccc([C@H]2CCCN(c3ccc(OCCCCN4CCN(c5ccc6c(c5)CN(C5CCC(=O)NC5=O)C6=O)CC4)cc3)C2)c2[nH]cc(C#N)c12. The zero-order chi connectivity index (χ0) is 36.5. The van der Waals surface area contributed by atoms with Gasteiger partial charge in [-0.05, 0) is 105 Å². The van der Waals surface area contributed by atoms with Crippen molar-refractivity contribution >= 4 is 40.0 Å². The fourth-order valence-electron chi connectivity index (χ4n) is 8.70. The highest BCUT2D eigenvalue weighted by Gasteiger charge is 2.39. The van der Waals surface area contributed by atoms with E-state index in [-0.39, 0.29) is 24.1 Å². The van der Waals surface area contributed by atoms with Crippen molar-refractivity contribution in [1.82, 2.24) is 20.1 Å². The molecule has 3 amide bonds. The molecule has 0 aliphatic carbocycles. The third-order valence-corrected chi connectivity index (χ3v) is 11.6. The molecule has 0 saturated carbocycles. The number of rotatable bonds is 10. The number of benzene rings is 3. The number of piperazine rings is 1. The molecule has 11 nitrogen and oxygen atoms in total. The molecule has 2 atom stereocenters. The van der Waals surface area contributed by atoms with E-state index >= 15 is 0 Å². The van der Waals surface area contributed by atoms with Gasteiger partial charge in [0.15, 0.2) is 0 Å². The van der Waals surface area contributed by atoms with Crippen LogP contribution in [0.1, 0.15) is 77.1 Å². The van der Waals surface area contributed by atoms with Crippen molar-refractivity contribution in [2.24, 2.45) is 0 Å². The third-order valence-electron chi connectivity index (χ3n) is 11.6. The van der Waals surface area contributed by atoms with E-state index < -0.39 is 6.04 Å². The molecule has 0 bridgehead atoms. The number of aromatic nitrogens is 1. The van der Waals surface area contributed by atoms with Crippen LogP contribution in [0.25, 0.3) is 10.9 Å². The molecule has 4 aromatic rings. The molecule has 274 valence electrons. The number of nitriles is 1. The Hall–Kier alpha value is -5.34. The molecule has 3 aromatic carbocycles. The summed E-state index contributed by atoms with van der Waals surface area (Å²) >= 11 is 0. The second kappa shape index (κ2) is 15.0. The third kappa shape index (κ3) is 7.08. The number of nitrogens with zero attached hydrogens (tertiary/aromatic N) is 5. The van der Waals surface area contributed by atoms with Gasteiger partial charge in [-0.1, -0.05) is 12.1 Å².